The highest BCUT2D eigenvalue weighted by atomic mass is 16.5. The molecule has 1 unspecified atom stereocenters. The summed E-state index contributed by atoms with van der Waals surface area (Å²) in [5.74, 6) is 1.22. The van der Waals surface area contributed by atoms with Crippen LogP contribution in [0.1, 0.15) is 22.7 Å². The minimum absolute atomic E-state index is 0.125. The predicted octanol–water partition coefficient (Wildman–Crippen LogP) is 2.64. The van der Waals surface area contributed by atoms with Gasteiger partial charge in [0.1, 0.15) is 11.5 Å². The van der Waals surface area contributed by atoms with E-state index in [1.54, 1.807) is 13.2 Å². The molecular formula is C16H17NO2. The van der Waals surface area contributed by atoms with Crippen LogP contribution in [0.2, 0.25) is 0 Å². The SMILES string of the molecule is COc1ccccc1C1NCCc2cc(O)ccc21. The molecule has 0 fully saturated rings. The van der Waals surface area contributed by atoms with E-state index in [-0.39, 0.29) is 6.04 Å². The number of nitrogens with one attached hydrogen (secondary N) is 1. The number of fused-ring (bicyclic) bond motifs is 1. The summed E-state index contributed by atoms with van der Waals surface area (Å²) in [5.41, 5.74) is 3.56. The molecule has 0 spiro atoms. The Morgan fingerprint density at radius 2 is 2.00 bits per heavy atom. The molecule has 3 nitrogen and oxygen atoms in total. The molecule has 0 aliphatic carbocycles. The lowest BCUT2D eigenvalue weighted by atomic mass is 9.89. The molecule has 19 heavy (non-hydrogen) atoms. The van der Waals surface area contributed by atoms with Crippen molar-refractivity contribution in [1.29, 1.82) is 0 Å². The van der Waals surface area contributed by atoms with Crippen LogP contribution in [0.3, 0.4) is 0 Å². The van der Waals surface area contributed by atoms with Crippen LogP contribution in [-0.2, 0) is 6.42 Å². The van der Waals surface area contributed by atoms with Crippen molar-refractivity contribution in [2.24, 2.45) is 0 Å². The van der Waals surface area contributed by atoms with E-state index < -0.39 is 0 Å². The maximum absolute atomic E-state index is 9.60. The minimum Gasteiger partial charge on any atom is -0.508 e. The first-order valence-electron chi connectivity index (χ1n) is 6.47. The summed E-state index contributed by atoms with van der Waals surface area (Å²) >= 11 is 0. The molecule has 0 saturated carbocycles. The van der Waals surface area contributed by atoms with Crippen molar-refractivity contribution in [3.8, 4) is 11.5 Å². The molecule has 0 aromatic heterocycles. The summed E-state index contributed by atoms with van der Waals surface area (Å²) in [5, 5.41) is 13.1. The van der Waals surface area contributed by atoms with Crippen molar-refractivity contribution in [3.05, 3.63) is 59.2 Å². The van der Waals surface area contributed by atoms with Crippen molar-refractivity contribution in [1.82, 2.24) is 5.32 Å². The molecule has 3 heteroatoms. The van der Waals surface area contributed by atoms with E-state index in [1.807, 2.05) is 30.3 Å². The maximum atomic E-state index is 9.60. The normalized spacial score (nSPS) is 17.8. The third-order valence-electron chi connectivity index (χ3n) is 3.63. The number of aromatic hydroxyl groups is 1. The van der Waals surface area contributed by atoms with Gasteiger partial charge in [0.05, 0.1) is 13.2 Å². The van der Waals surface area contributed by atoms with E-state index in [2.05, 4.69) is 11.4 Å². The van der Waals surface area contributed by atoms with Crippen LogP contribution in [0.5, 0.6) is 11.5 Å². The topological polar surface area (TPSA) is 41.5 Å². The molecule has 1 aliphatic rings. The summed E-state index contributed by atoms with van der Waals surface area (Å²) in [4.78, 5) is 0. The van der Waals surface area contributed by atoms with Crippen LogP contribution in [0, 0.1) is 0 Å². The maximum Gasteiger partial charge on any atom is 0.123 e. The van der Waals surface area contributed by atoms with Crippen LogP contribution in [-0.4, -0.2) is 18.8 Å². The monoisotopic (exact) mass is 255 g/mol. The van der Waals surface area contributed by atoms with Gasteiger partial charge in [-0.05, 0) is 35.7 Å². The number of phenolic OH excluding ortho intramolecular Hbond substituents is 1. The molecule has 1 aliphatic heterocycles. The van der Waals surface area contributed by atoms with E-state index in [9.17, 15) is 5.11 Å². The Balaban J connectivity index is 2.08. The van der Waals surface area contributed by atoms with Crippen LogP contribution in [0.4, 0.5) is 0 Å². The number of methoxy groups -OCH3 is 1. The van der Waals surface area contributed by atoms with Gasteiger partial charge in [-0.25, -0.2) is 0 Å². The quantitative estimate of drug-likeness (QED) is 0.866. The highest BCUT2D eigenvalue weighted by Crippen LogP contribution is 2.34. The van der Waals surface area contributed by atoms with Gasteiger partial charge < -0.3 is 15.2 Å². The highest BCUT2D eigenvalue weighted by Gasteiger charge is 2.23. The molecule has 98 valence electrons. The van der Waals surface area contributed by atoms with Crippen molar-refractivity contribution in [2.45, 2.75) is 12.5 Å². The van der Waals surface area contributed by atoms with Gasteiger partial charge in [-0.15, -0.1) is 0 Å². The molecule has 2 N–H and O–H groups in total. The van der Waals surface area contributed by atoms with E-state index in [1.165, 1.54) is 11.1 Å². The Hall–Kier alpha value is -2.00. The smallest absolute Gasteiger partial charge is 0.123 e. The average Bonchev–Trinajstić information content (AvgIpc) is 2.46. The van der Waals surface area contributed by atoms with Gasteiger partial charge in [0, 0.05) is 12.1 Å². The second kappa shape index (κ2) is 4.94. The second-order valence-corrected chi connectivity index (χ2v) is 4.76. The summed E-state index contributed by atoms with van der Waals surface area (Å²) in [6, 6.07) is 13.8. The summed E-state index contributed by atoms with van der Waals surface area (Å²) in [7, 11) is 1.69. The standard InChI is InChI=1S/C16H17NO2/c1-19-15-5-3-2-4-14(15)16-13-7-6-12(18)10-11(13)8-9-17-16/h2-7,10,16-18H,8-9H2,1H3. The highest BCUT2D eigenvalue weighted by molar-refractivity contribution is 5.47. The van der Waals surface area contributed by atoms with Gasteiger partial charge >= 0.3 is 0 Å². The molecule has 2 aromatic rings. The first-order valence-corrected chi connectivity index (χ1v) is 6.47. The zero-order valence-corrected chi connectivity index (χ0v) is 10.9. The van der Waals surface area contributed by atoms with Crippen molar-refractivity contribution < 1.29 is 9.84 Å². The van der Waals surface area contributed by atoms with Crippen molar-refractivity contribution >= 4 is 0 Å². The Morgan fingerprint density at radius 1 is 1.16 bits per heavy atom. The fourth-order valence-corrected chi connectivity index (χ4v) is 2.73. The average molecular weight is 255 g/mol. The number of phenols is 1. The van der Waals surface area contributed by atoms with Crippen molar-refractivity contribution in [3.63, 3.8) is 0 Å². The molecule has 0 radical (unpaired) electrons. The van der Waals surface area contributed by atoms with E-state index in [4.69, 9.17) is 4.74 Å². The molecular weight excluding hydrogens is 238 g/mol. The van der Waals surface area contributed by atoms with E-state index in [0.29, 0.717) is 5.75 Å². The predicted molar refractivity (Wildman–Crippen MR) is 74.7 cm³/mol. The minimum atomic E-state index is 0.125. The first-order chi connectivity index (χ1) is 9.29. The molecule has 0 saturated heterocycles. The number of rotatable bonds is 2. The Morgan fingerprint density at radius 3 is 2.84 bits per heavy atom. The lowest BCUT2D eigenvalue weighted by molar-refractivity contribution is 0.402. The molecule has 0 bridgehead atoms. The summed E-state index contributed by atoms with van der Waals surface area (Å²) in [6.45, 7) is 0.902. The zero-order valence-electron chi connectivity index (χ0n) is 10.9. The summed E-state index contributed by atoms with van der Waals surface area (Å²) < 4.78 is 5.45. The molecule has 1 atom stereocenters. The van der Waals surface area contributed by atoms with Crippen LogP contribution >= 0.6 is 0 Å². The zero-order chi connectivity index (χ0) is 13.2. The Bertz CT molecular complexity index is 595. The van der Waals surface area contributed by atoms with Gasteiger partial charge in [-0.3, -0.25) is 0 Å². The number of benzene rings is 2. The van der Waals surface area contributed by atoms with Gasteiger partial charge in [-0.2, -0.15) is 0 Å². The molecule has 2 aromatic carbocycles. The number of ether oxygens (including phenoxy) is 1. The largest absolute Gasteiger partial charge is 0.508 e. The number of hydrogen-bond donors (Lipinski definition) is 2. The Labute approximate surface area is 112 Å². The third kappa shape index (κ3) is 2.17. The fraction of sp³-hybridized carbons (Fsp3) is 0.250. The van der Waals surface area contributed by atoms with Gasteiger partial charge in [-0.1, -0.05) is 24.3 Å². The van der Waals surface area contributed by atoms with Crippen LogP contribution < -0.4 is 10.1 Å². The lowest BCUT2D eigenvalue weighted by Gasteiger charge is -2.28. The molecule has 1 heterocycles. The first kappa shape index (κ1) is 12.1. The molecule has 0 amide bonds. The number of hydrogen-bond acceptors (Lipinski definition) is 3. The van der Waals surface area contributed by atoms with E-state index >= 15 is 0 Å². The van der Waals surface area contributed by atoms with Gasteiger partial charge in [0.25, 0.3) is 0 Å². The molecule has 3 rings (SSSR count). The Kier molecular flexibility index (Phi) is 3.13. The van der Waals surface area contributed by atoms with Crippen molar-refractivity contribution in [2.75, 3.05) is 13.7 Å². The summed E-state index contributed by atoms with van der Waals surface area (Å²) in [6.07, 6.45) is 0.940. The second-order valence-electron chi connectivity index (χ2n) is 4.76. The lowest BCUT2D eigenvalue weighted by Crippen LogP contribution is -2.30. The van der Waals surface area contributed by atoms with Gasteiger partial charge in [0.2, 0.25) is 0 Å². The van der Waals surface area contributed by atoms with E-state index in [0.717, 1.165) is 24.3 Å². The van der Waals surface area contributed by atoms with Crippen LogP contribution in [0.15, 0.2) is 42.5 Å². The third-order valence-corrected chi connectivity index (χ3v) is 3.63. The number of para-hydroxylation sites is 1. The van der Waals surface area contributed by atoms with Gasteiger partial charge in [0.15, 0.2) is 0 Å². The fourth-order valence-electron chi connectivity index (χ4n) is 2.73. The van der Waals surface area contributed by atoms with Crippen LogP contribution in [0.25, 0.3) is 0 Å².